The molecule has 0 saturated carbocycles. The van der Waals surface area contributed by atoms with Crippen molar-refractivity contribution >= 4 is 17.1 Å². The lowest BCUT2D eigenvalue weighted by molar-refractivity contribution is 0.435. The van der Waals surface area contributed by atoms with Crippen LogP contribution in [0, 0.1) is 5.92 Å². The van der Waals surface area contributed by atoms with E-state index in [1.165, 1.54) is 14.7 Å². The van der Waals surface area contributed by atoms with Gasteiger partial charge in [-0.25, -0.2) is 4.79 Å². The number of hydrogen-bond acceptors (Lipinski definition) is 4. The first kappa shape index (κ1) is 17.6. The maximum Gasteiger partial charge on any atom is 0.332 e. The van der Waals surface area contributed by atoms with Crippen LogP contribution in [0.15, 0.2) is 39.9 Å². The Hall–Kier alpha value is -2.83. The van der Waals surface area contributed by atoms with Crippen LogP contribution in [-0.2, 0) is 26.7 Å². The number of imidazole rings is 1. The van der Waals surface area contributed by atoms with Gasteiger partial charge in [-0.15, -0.1) is 0 Å². The Morgan fingerprint density at radius 2 is 1.89 bits per heavy atom. The van der Waals surface area contributed by atoms with Gasteiger partial charge < -0.3 is 9.47 Å². The van der Waals surface area contributed by atoms with Gasteiger partial charge in [-0.2, -0.15) is 4.98 Å². The van der Waals surface area contributed by atoms with Gasteiger partial charge in [-0.3, -0.25) is 13.9 Å². The number of aromatic nitrogens is 4. The minimum atomic E-state index is -0.299. The van der Waals surface area contributed by atoms with Crippen LogP contribution >= 0.6 is 0 Å². The predicted molar refractivity (Wildman–Crippen MR) is 106 cm³/mol. The van der Waals surface area contributed by atoms with Crippen LogP contribution in [0.1, 0.15) is 25.8 Å². The van der Waals surface area contributed by atoms with Crippen molar-refractivity contribution in [2.45, 2.75) is 39.9 Å². The second-order valence-corrected chi connectivity index (χ2v) is 7.46. The van der Waals surface area contributed by atoms with Gasteiger partial charge in [0.25, 0.3) is 5.56 Å². The van der Waals surface area contributed by atoms with E-state index in [4.69, 9.17) is 4.98 Å². The molecule has 1 atom stereocenters. The smallest absolute Gasteiger partial charge is 0.332 e. The maximum atomic E-state index is 13.1. The lowest BCUT2D eigenvalue weighted by atomic mass is 10.1. The number of benzene rings is 1. The minimum absolute atomic E-state index is 0.234. The molecule has 1 aliphatic heterocycles. The van der Waals surface area contributed by atoms with Gasteiger partial charge in [0.05, 0.1) is 0 Å². The third-order valence-corrected chi connectivity index (χ3v) is 5.18. The van der Waals surface area contributed by atoms with E-state index in [1.54, 1.807) is 7.05 Å². The van der Waals surface area contributed by atoms with Gasteiger partial charge in [0.2, 0.25) is 5.95 Å². The number of fused-ring (bicyclic) bond motifs is 3. The molecule has 0 radical (unpaired) electrons. The highest BCUT2D eigenvalue weighted by atomic mass is 16.2. The van der Waals surface area contributed by atoms with E-state index in [-0.39, 0.29) is 11.2 Å². The van der Waals surface area contributed by atoms with E-state index in [1.807, 2.05) is 29.7 Å². The molecule has 0 spiro atoms. The summed E-state index contributed by atoms with van der Waals surface area (Å²) >= 11 is 0. The Morgan fingerprint density at radius 1 is 1.15 bits per heavy atom. The number of aryl methyl sites for hydroxylation is 1. The van der Waals surface area contributed by atoms with Crippen LogP contribution in [0.25, 0.3) is 11.2 Å². The molecule has 3 heterocycles. The van der Waals surface area contributed by atoms with E-state index in [2.05, 4.69) is 24.0 Å². The molecule has 2 aromatic heterocycles. The molecule has 0 saturated heterocycles. The average molecular weight is 367 g/mol. The molecule has 1 aliphatic rings. The summed E-state index contributed by atoms with van der Waals surface area (Å²) in [5.41, 5.74) is 1.67. The summed E-state index contributed by atoms with van der Waals surface area (Å²) in [6.07, 6.45) is 0.734. The molecular weight excluding hydrogens is 342 g/mol. The van der Waals surface area contributed by atoms with Crippen molar-refractivity contribution in [1.29, 1.82) is 0 Å². The Morgan fingerprint density at radius 3 is 2.59 bits per heavy atom. The zero-order chi connectivity index (χ0) is 19.1. The van der Waals surface area contributed by atoms with Crippen LogP contribution in [-0.4, -0.2) is 25.2 Å². The molecule has 27 heavy (non-hydrogen) atoms. The van der Waals surface area contributed by atoms with E-state index in [9.17, 15) is 9.59 Å². The number of hydrogen-bond donors (Lipinski definition) is 0. The first-order valence-electron chi connectivity index (χ1n) is 9.50. The lowest BCUT2D eigenvalue weighted by Gasteiger charge is -2.33. The molecule has 0 fully saturated rings. The predicted octanol–water partition coefficient (Wildman–Crippen LogP) is 1.96. The van der Waals surface area contributed by atoms with Crippen LogP contribution in [0.5, 0.6) is 0 Å². The number of anilines is 1. The van der Waals surface area contributed by atoms with E-state index in [0.29, 0.717) is 23.6 Å². The number of nitrogens with zero attached hydrogens (tertiary/aromatic N) is 5. The van der Waals surface area contributed by atoms with Gasteiger partial charge in [0, 0.05) is 33.2 Å². The first-order valence-corrected chi connectivity index (χ1v) is 9.50. The summed E-state index contributed by atoms with van der Waals surface area (Å²) in [5.74, 6) is 1.16. The topological polar surface area (TPSA) is 65.1 Å². The van der Waals surface area contributed by atoms with Gasteiger partial charge in [-0.05, 0) is 17.9 Å². The molecular formula is C20H25N5O2. The molecule has 3 aromatic rings. The molecule has 0 amide bonds. The Labute approximate surface area is 157 Å². The molecule has 0 N–H and O–H groups in total. The summed E-state index contributed by atoms with van der Waals surface area (Å²) in [7, 11) is 1.69. The van der Waals surface area contributed by atoms with Gasteiger partial charge >= 0.3 is 5.69 Å². The Balaban J connectivity index is 1.91. The second-order valence-electron chi connectivity index (χ2n) is 7.46. The largest absolute Gasteiger partial charge is 0.338 e. The van der Waals surface area contributed by atoms with E-state index >= 15 is 0 Å². The molecule has 0 aliphatic carbocycles. The SMILES string of the molecule is CCCn1c(=O)c2c(nc3n2C[C@@H](C)CN3Cc2ccccc2)n(C)c1=O. The monoisotopic (exact) mass is 367 g/mol. The van der Waals surface area contributed by atoms with Gasteiger partial charge in [0.1, 0.15) is 0 Å². The fourth-order valence-corrected chi connectivity index (χ4v) is 3.96. The fourth-order valence-electron chi connectivity index (χ4n) is 3.96. The van der Waals surface area contributed by atoms with Crippen molar-refractivity contribution in [2.75, 3.05) is 11.4 Å². The summed E-state index contributed by atoms with van der Waals surface area (Å²) in [6.45, 7) is 6.90. The fraction of sp³-hybridized carbons (Fsp3) is 0.450. The van der Waals surface area contributed by atoms with Crippen molar-refractivity contribution in [3.05, 3.63) is 56.7 Å². The van der Waals surface area contributed by atoms with Gasteiger partial charge in [0.15, 0.2) is 11.2 Å². The van der Waals surface area contributed by atoms with E-state index in [0.717, 1.165) is 32.0 Å². The van der Waals surface area contributed by atoms with Crippen molar-refractivity contribution in [1.82, 2.24) is 18.7 Å². The summed E-state index contributed by atoms with van der Waals surface area (Å²) in [4.78, 5) is 32.6. The molecule has 0 bridgehead atoms. The zero-order valence-electron chi connectivity index (χ0n) is 16.1. The summed E-state index contributed by atoms with van der Waals surface area (Å²) in [5, 5.41) is 0. The van der Waals surface area contributed by atoms with Crippen LogP contribution in [0.2, 0.25) is 0 Å². The second kappa shape index (κ2) is 6.72. The molecule has 0 unspecified atom stereocenters. The molecule has 4 rings (SSSR count). The lowest BCUT2D eigenvalue weighted by Crippen LogP contribution is -2.40. The first-order chi connectivity index (χ1) is 13.0. The van der Waals surface area contributed by atoms with Crippen LogP contribution < -0.4 is 16.1 Å². The molecule has 7 nitrogen and oxygen atoms in total. The van der Waals surface area contributed by atoms with E-state index < -0.39 is 0 Å². The highest BCUT2D eigenvalue weighted by Gasteiger charge is 2.28. The average Bonchev–Trinajstić information content (AvgIpc) is 3.04. The summed E-state index contributed by atoms with van der Waals surface area (Å²) in [6, 6.07) is 10.2. The number of rotatable bonds is 4. The summed E-state index contributed by atoms with van der Waals surface area (Å²) < 4.78 is 4.83. The zero-order valence-corrected chi connectivity index (χ0v) is 16.1. The van der Waals surface area contributed by atoms with Crippen LogP contribution in [0.3, 0.4) is 0 Å². The van der Waals surface area contributed by atoms with Gasteiger partial charge in [-0.1, -0.05) is 44.2 Å². The normalized spacial score (nSPS) is 16.7. The molecule has 7 heteroatoms. The quantitative estimate of drug-likeness (QED) is 0.707. The van der Waals surface area contributed by atoms with Crippen molar-refractivity contribution in [3.63, 3.8) is 0 Å². The third kappa shape index (κ3) is 2.87. The molecule has 142 valence electrons. The Kier molecular flexibility index (Phi) is 4.37. The molecule has 1 aromatic carbocycles. The van der Waals surface area contributed by atoms with Crippen LogP contribution in [0.4, 0.5) is 5.95 Å². The third-order valence-electron chi connectivity index (χ3n) is 5.18. The van der Waals surface area contributed by atoms with Crippen molar-refractivity contribution in [3.8, 4) is 0 Å². The maximum absolute atomic E-state index is 13.1. The Bertz CT molecular complexity index is 1090. The van der Waals surface area contributed by atoms with Crippen molar-refractivity contribution in [2.24, 2.45) is 13.0 Å². The minimum Gasteiger partial charge on any atom is -0.338 e. The standard InChI is InChI=1S/C20H25N5O2/c1-4-10-24-18(26)16-17(22(3)20(24)27)21-19-23(11-14(2)12-25(16)19)13-15-8-6-5-7-9-15/h5-9,14H,4,10-13H2,1-3H3/t14-/m0/s1. The highest BCUT2D eigenvalue weighted by Crippen LogP contribution is 2.28. The highest BCUT2D eigenvalue weighted by molar-refractivity contribution is 5.75. The van der Waals surface area contributed by atoms with Crippen molar-refractivity contribution < 1.29 is 0 Å².